The summed E-state index contributed by atoms with van der Waals surface area (Å²) in [7, 11) is 1.65. The summed E-state index contributed by atoms with van der Waals surface area (Å²) in [6.45, 7) is 5.18. The number of aromatic nitrogens is 4. The molecule has 0 amide bonds. The Kier molecular flexibility index (Phi) is 10.4. The van der Waals surface area contributed by atoms with Crippen LogP contribution in [-0.4, -0.2) is 92.5 Å². The van der Waals surface area contributed by atoms with Gasteiger partial charge < -0.3 is 28.4 Å². The van der Waals surface area contributed by atoms with Gasteiger partial charge in [-0.15, -0.1) is 0 Å². The fourth-order valence-electron chi connectivity index (χ4n) is 3.43. The number of imidazole rings is 1. The molecule has 0 bridgehead atoms. The number of benzene rings is 1. The van der Waals surface area contributed by atoms with Crippen LogP contribution in [0.25, 0.3) is 28.1 Å². The summed E-state index contributed by atoms with van der Waals surface area (Å²) < 4.78 is 34.2. The molecule has 10 nitrogen and oxygen atoms in total. The molecule has 0 saturated carbocycles. The molecule has 0 atom stereocenters. The maximum atomic E-state index is 5.66. The van der Waals surface area contributed by atoms with E-state index in [-0.39, 0.29) is 0 Å². The number of para-hydroxylation sites is 2. The number of nitrogens with zero attached hydrogens (tertiary/aromatic N) is 4. The van der Waals surface area contributed by atoms with Crippen LogP contribution in [-0.2, 0) is 23.7 Å². The van der Waals surface area contributed by atoms with Crippen molar-refractivity contribution < 1.29 is 28.4 Å². The number of pyridine rings is 1. The van der Waals surface area contributed by atoms with Crippen molar-refractivity contribution in [2.75, 3.05) is 73.2 Å². The van der Waals surface area contributed by atoms with Crippen molar-refractivity contribution in [1.82, 2.24) is 19.4 Å². The quantitative estimate of drug-likeness (QED) is 0.204. The van der Waals surface area contributed by atoms with Crippen LogP contribution >= 0.6 is 0 Å². The Morgan fingerprint density at radius 2 is 1.36 bits per heavy atom. The van der Waals surface area contributed by atoms with E-state index >= 15 is 0 Å². The molecule has 1 aromatic carbocycles. The molecule has 4 rings (SSSR count). The van der Waals surface area contributed by atoms with Gasteiger partial charge >= 0.3 is 0 Å². The summed E-state index contributed by atoms with van der Waals surface area (Å²) in [4.78, 5) is 13.7. The zero-order valence-electron chi connectivity index (χ0n) is 20.5. The molecule has 0 spiro atoms. The third-order valence-corrected chi connectivity index (χ3v) is 5.24. The lowest BCUT2D eigenvalue weighted by atomic mass is 10.2. The molecule has 3 heterocycles. The second-order valence-corrected chi connectivity index (χ2v) is 7.76. The average molecular weight is 497 g/mol. The van der Waals surface area contributed by atoms with Gasteiger partial charge in [0.1, 0.15) is 6.61 Å². The molecule has 3 aromatic heterocycles. The third-order valence-electron chi connectivity index (χ3n) is 5.24. The average Bonchev–Trinajstić information content (AvgIpc) is 3.29. The van der Waals surface area contributed by atoms with Crippen molar-refractivity contribution in [2.45, 2.75) is 0 Å². The van der Waals surface area contributed by atoms with E-state index in [4.69, 9.17) is 28.4 Å². The molecule has 0 fully saturated rings. The van der Waals surface area contributed by atoms with Gasteiger partial charge in [-0.25, -0.2) is 15.0 Å². The first-order chi connectivity index (χ1) is 17.8. The molecule has 0 aliphatic heterocycles. The molecule has 0 aliphatic carbocycles. The number of hydrogen-bond acceptors (Lipinski definition) is 9. The van der Waals surface area contributed by atoms with Crippen LogP contribution in [0.15, 0.2) is 54.9 Å². The predicted octanol–water partition coefficient (Wildman–Crippen LogP) is 3.04. The maximum absolute atomic E-state index is 5.66. The first-order valence-electron chi connectivity index (χ1n) is 12.0. The van der Waals surface area contributed by atoms with Crippen molar-refractivity contribution in [3.63, 3.8) is 0 Å². The van der Waals surface area contributed by atoms with Gasteiger partial charge in [0.25, 0.3) is 0 Å². The van der Waals surface area contributed by atoms with Gasteiger partial charge in [0.2, 0.25) is 11.7 Å². The van der Waals surface area contributed by atoms with E-state index in [0.717, 1.165) is 22.3 Å². The van der Waals surface area contributed by atoms with Gasteiger partial charge in [-0.05, 0) is 24.3 Å². The highest BCUT2D eigenvalue weighted by Crippen LogP contribution is 2.21. The van der Waals surface area contributed by atoms with E-state index in [1.165, 1.54) is 0 Å². The Hall–Kier alpha value is -3.15. The summed E-state index contributed by atoms with van der Waals surface area (Å²) in [6.07, 6.45) is 3.73. The Morgan fingerprint density at radius 1 is 0.694 bits per heavy atom. The first-order valence-corrected chi connectivity index (χ1v) is 12.0. The van der Waals surface area contributed by atoms with E-state index in [9.17, 15) is 0 Å². The van der Waals surface area contributed by atoms with E-state index < -0.39 is 0 Å². The highest BCUT2D eigenvalue weighted by atomic mass is 16.6. The van der Waals surface area contributed by atoms with Gasteiger partial charge in [-0.2, -0.15) is 0 Å². The third kappa shape index (κ3) is 7.67. The minimum atomic E-state index is 0.406. The van der Waals surface area contributed by atoms with Crippen molar-refractivity contribution in [3.8, 4) is 17.1 Å². The molecule has 0 aliphatic rings. The molecule has 4 aromatic rings. The highest BCUT2D eigenvalue weighted by molar-refractivity contribution is 5.79. The highest BCUT2D eigenvalue weighted by Gasteiger charge is 2.08. The molecular weight excluding hydrogens is 464 g/mol. The van der Waals surface area contributed by atoms with E-state index in [0.29, 0.717) is 77.7 Å². The van der Waals surface area contributed by atoms with E-state index in [1.807, 2.05) is 53.1 Å². The van der Waals surface area contributed by atoms with Gasteiger partial charge in [-0.3, -0.25) is 4.40 Å². The number of methoxy groups -OCH3 is 1. The summed E-state index contributed by atoms with van der Waals surface area (Å²) in [6, 6.07) is 13.7. The minimum absolute atomic E-state index is 0.406. The van der Waals surface area contributed by atoms with E-state index in [1.54, 1.807) is 13.3 Å². The smallest absolute Gasteiger partial charge is 0.235 e. The van der Waals surface area contributed by atoms with Crippen LogP contribution < -0.4 is 4.74 Å². The summed E-state index contributed by atoms with van der Waals surface area (Å²) in [5.74, 6) is 1.19. The standard InChI is InChI=1S/C26H32N4O6/c1-31-10-11-32-12-13-33-14-15-34-16-17-35-18-19-36-25-7-6-21(20-27-25)22-8-9-30-24-5-3-2-4-23(24)29-26(30)28-22/h2-9,20H,10-19H2,1H3. The maximum Gasteiger partial charge on any atom is 0.235 e. The topological polar surface area (TPSA) is 98.5 Å². The van der Waals surface area contributed by atoms with Crippen LogP contribution in [0.2, 0.25) is 0 Å². The lowest BCUT2D eigenvalue weighted by Gasteiger charge is -2.08. The summed E-state index contributed by atoms with van der Waals surface area (Å²) in [5, 5.41) is 0. The molecule has 0 radical (unpaired) electrons. The lowest BCUT2D eigenvalue weighted by Crippen LogP contribution is -2.14. The minimum Gasteiger partial charge on any atom is -0.475 e. The Morgan fingerprint density at radius 3 is 2.03 bits per heavy atom. The van der Waals surface area contributed by atoms with Gasteiger partial charge in [0.15, 0.2) is 0 Å². The Labute approximate surface area is 210 Å². The number of fused-ring (bicyclic) bond motifs is 3. The Bertz CT molecular complexity index is 1180. The SMILES string of the molecule is COCCOCCOCCOCCOCCOc1ccc(-c2ccn3c(n2)nc2ccccc23)cn1. The second kappa shape index (κ2) is 14.4. The predicted molar refractivity (Wildman–Crippen MR) is 134 cm³/mol. The van der Waals surface area contributed by atoms with Crippen LogP contribution in [0.4, 0.5) is 0 Å². The van der Waals surface area contributed by atoms with Crippen molar-refractivity contribution in [2.24, 2.45) is 0 Å². The lowest BCUT2D eigenvalue weighted by molar-refractivity contribution is -0.00987. The summed E-state index contributed by atoms with van der Waals surface area (Å²) in [5.41, 5.74) is 3.66. The number of ether oxygens (including phenoxy) is 6. The normalized spacial score (nSPS) is 11.5. The fraction of sp³-hybridized carbons (Fsp3) is 0.423. The van der Waals surface area contributed by atoms with Crippen LogP contribution in [0.1, 0.15) is 0 Å². The second-order valence-electron chi connectivity index (χ2n) is 7.76. The van der Waals surface area contributed by atoms with Gasteiger partial charge in [0.05, 0.1) is 76.2 Å². The van der Waals surface area contributed by atoms with Crippen molar-refractivity contribution in [1.29, 1.82) is 0 Å². The zero-order chi connectivity index (χ0) is 24.8. The fourth-order valence-corrected chi connectivity index (χ4v) is 3.43. The van der Waals surface area contributed by atoms with Crippen molar-refractivity contribution >= 4 is 16.8 Å². The molecule has 0 unspecified atom stereocenters. The first kappa shape index (κ1) is 25.9. The van der Waals surface area contributed by atoms with Crippen LogP contribution in [0.3, 0.4) is 0 Å². The van der Waals surface area contributed by atoms with E-state index in [2.05, 4.69) is 15.0 Å². The number of hydrogen-bond donors (Lipinski definition) is 0. The van der Waals surface area contributed by atoms with Crippen LogP contribution in [0, 0.1) is 0 Å². The molecule has 36 heavy (non-hydrogen) atoms. The largest absolute Gasteiger partial charge is 0.475 e. The Balaban J connectivity index is 1.08. The van der Waals surface area contributed by atoms with Crippen LogP contribution in [0.5, 0.6) is 5.88 Å². The summed E-state index contributed by atoms with van der Waals surface area (Å²) >= 11 is 0. The molecule has 0 saturated heterocycles. The molecule has 0 N–H and O–H groups in total. The van der Waals surface area contributed by atoms with Crippen molar-refractivity contribution in [3.05, 3.63) is 54.9 Å². The zero-order valence-corrected chi connectivity index (χ0v) is 20.5. The molecule has 192 valence electrons. The molecule has 10 heteroatoms. The molecular formula is C26H32N4O6. The van der Waals surface area contributed by atoms with Gasteiger partial charge in [-0.1, -0.05) is 12.1 Å². The monoisotopic (exact) mass is 496 g/mol. The number of rotatable bonds is 17. The van der Waals surface area contributed by atoms with Gasteiger partial charge in [0, 0.05) is 31.1 Å².